The maximum atomic E-state index is 11.6. The number of carbonyl (C=O) groups is 1. The molecule has 1 rings (SSSR count). The molecule has 1 aromatic rings. The van der Waals surface area contributed by atoms with Gasteiger partial charge in [0.1, 0.15) is 5.01 Å². The lowest BCUT2D eigenvalue weighted by molar-refractivity contribution is -0.116. The van der Waals surface area contributed by atoms with Crippen LogP contribution in [-0.2, 0) is 11.2 Å². The first-order chi connectivity index (χ1) is 8.76. The molecule has 0 aliphatic rings. The molecule has 5 heteroatoms. The van der Waals surface area contributed by atoms with Crippen molar-refractivity contribution < 1.29 is 4.79 Å². The van der Waals surface area contributed by atoms with E-state index in [-0.39, 0.29) is 5.91 Å². The van der Waals surface area contributed by atoms with E-state index in [1.54, 1.807) is 0 Å². The highest BCUT2D eigenvalue weighted by molar-refractivity contribution is 7.15. The van der Waals surface area contributed by atoms with Gasteiger partial charge < -0.3 is 5.32 Å². The number of rotatable bonds is 9. The third-order valence-corrected chi connectivity index (χ3v) is 3.61. The van der Waals surface area contributed by atoms with Gasteiger partial charge in [0.05, 0.1) is 0 Å². The summed E-state index contributed by atoms with van der Waals surface area (Å²) in [6, 6.07) is 0. The summed E-state index contributed by atoms with van der Waals surface area (Å²) in [4.78, 5) is 11.6. The molecule has 0 aliphatic carbocycles. The zero-order valence-electron chi connectivity index (χ0n) is 11.4. The molecule has 0 saturated carbocycles. The molecule has 1 heterocycles. The number of unbranched alkanes of at least 4 members (excludes halogenated alkanes) is 4. The number of hydrogen-bond acceptors (Lipinski definition) is 4. The lowest BCUT2D eigenvalue weighted by atomic mass is 10.1. The van der Waals surface area contributed by atoms with Gasteiger partial charge in [-0.2, -0.15) is 0 Å². The second-order valence-electron chi connectivity index (χ2n) is 4.46. The lowest BCUT2D eigenvalue weighted by Gasteiger charge is -2.00. The Morgan fingerprint density at radius 2 is 1.89 bits per heavy atom. The monoisotopic (exact) mass is 269 g/mol. The number of nitrogens with one attached hydrogen (secondary N) is 1. The van der Waals surface area contributed by atoms with Gasteiger partial charge in [-0.05, 0) is 12.8 Å². The Bertz CT molecular complexity index is 352. The van der Waals surface area contributed by atoms with Gasteiger partial charge in [-0.25, -0.2) is 0 Å². The third-order valence-electron chi connectivity index (χ3n) is 2.71. The van der Waals surface area contributed by atoms with Gasteiger partial charge >= 0.3 is 0 Å². The largest absolute Gasteiger partial charge is 0.301 e. The maximum absolute atomic E-state index is 11.6. The average molecular weight is 269 g/mol. The Morgan fingerprint density at radius 3 is 2.61 bits per heavy atom. The Labute approximate surface area is 113 Å². The summed E-state index contributed by atoms with van der Waals surface area (Å²) in [6.07, 6.45) is 8.30. The van der Waals surface area contributed by atoms with Crippen LogP contribution in [0.15, 0.2) is 0 Å². The van der Waals surface area contributed by atoms with Crippen LogP contribution in [0.25, 0.3) is 0 Å². The molecule has 0 unspecified atom stereocenters. The van der Waals surface area contributed by atoms with E-state index in [2.05, 4.69) is 29.4 Å². The molecule has 0 bridgehead atoms. The molecule has 0 radical (unpaired) electrons. The Hall–Kier alpha value is -0.970. The molecule has 0 aromatic carbocycles. The lowest BCUT2D eigenvalue weighted by Crippen LogP contribution is -2.10. The van der Waals surface area contributed by atoms with Crippen molar-refractivity contribution in [1.82, 2.24) is 10.2 Å². The summed E-state index contributed by atoms with van der Waals surface area (Å²) in [5.41, 5.74) is 0. The number of amides is 1. The quantitative estimate of drug-likeness (QED) is 0.694. The predicted molar refractivity (Wildman–Crippen MR) is 75.9 cm³/mol. The highest BCUT2D eigenvalue weighted by atomic mass is 32.1. The molecule has 0 saturated heterocycles. The number of aromatic nitrogens is 2. The third kappa shape index (κ3) is 6.10. The van der Waals surface area contributed by atoms with Crippen molar-refractivity contribution in [2.75, 3.05) is 5.32 Å². The van der Waals surface area contributed by atoms with Crippen molar-refractivity contribution in [3.8, 4) is 0 Å². The number of anilines is 1. The smallest absolute Gasteiger partial charge is 0.226 e. The van der Waals surface area contributed by atoms with Crippen LogP contribution < -0.4 is 5.32 Å². The molecule has 0 atom stereocenters. The number of nitrogens with zero attached hydrogens (tertiary/aromatic N) is 2. The number of carbonyl (C=O) groups excluding carboxylic acids is 1. The molecule has 18 heavy (non-hydrogen) atoms. The summed E-state index contributed by atoms with van der Waals surface area (Å²) in [7, 11) is 0. The second-order valence-corrected chi connectivity index (χ2v) is 5.53. The molecular weight excluding hydrogens is 246 g/mol. The van der Waals surface area contributed by atoms with Crippen LogP contribution in [0.5, 0.6) is 0 Å². The van der Waals surface area contributed by atoms with Crippen molar-refractivity contribution in [1.29, 1.82) is 0 Å². The van der Waals surface area contributed by atoms with Crippen LogP contribution in [0.1, 0.15) is 63.8 Å². The van der Waals surface area contributed by atoms with Crippen LogP contribution in [0.2, 0.25) is 0 Å². The maximum Gasteiger partial charge on any atom is 0.226 e. The first kappa shape index (κ1) is 15.1. The summed E-state index contributed by atoms with van der Waals surface area (Å²) < 4.78 is 0. The van der Waals surface area contributed by atoms with E-state index in [9.17, 15) is 4.79 Å². The van der Waals surface area contributed by atoms with Crippen molar-refractivity contribution >= 4 is 22.4 Å². The topological polar surface area (TPSA) is 54.9 Å². The number of aryl methyl sites for hydroxylation is 1. The fraction of sp³-hybridized carbons (Fsp3) is 0.769. The number of hydrogen-bond donors (Lipinski definition) is 1. The van der Waals surface area contributed by atoms with E-state index >= 15 is 0 Å². The first-order valence-electron chi connectivity index (χ1n) is 6.88. The zero-order valence-corrected chi connectivity index (χ0v) is 12.2. The van der Waals surface area contributed by atoms with E-state index in [1.807, 2.05) is 0 Å². The molecule has 0 spiro atoms. The minimum Gasteiger partial charge on any atom is -0.301 e. The Kier molecular flexibility index (Phi) is 7.57. The summed E-state index contributed by atoms with van der Waals surface area (Å²) in [5, 5.41) is 12.5. The summed E-state index contributed by atoms with van der Waals surface area (Å²) in [6.45, 7) is 4.32. The van der Waals surface area contributed by atoms with Crippen LogP contribution >= 0.6 is 11.3 Å². The van der Waals surface area contributed by atoms with Gasteiger partial charge in [0.15, 0.2) is 0 Å². The van der Waals surface area contributed by atoms with Gasteiger partial charge in [-0.1, -0.05) is 50.9 Å². The fourth-order valence-electron chi connectivity index (χ4n) is 1.63. The zero-order chi connectivity index (χ0) is 13.2. The predicted octanol–water partition coefficient (Wildman–Crippen LogP) is 3.79. The van der Waals surface area contributed by atoms with Crippen molar-refractivity contribution in [2.45, 2.75) is 65.2 Å². The normalized spacial score (nSPS) is 10.6. The fourth-order valence-corrected chi connectivity index (χ4v) is 2.43. The van der Waals surface area contributed by atoms with Crippen molar-refractivity contribution in [2.24, 2.45) is 0 Å². The highest BCUT2D eigenvalue weighted by Crippen LogP contribution is 2.17. The molecule has 1 aromatic heterocycles. The SMILES string of the molecule is CCCCCCC(=O)Nc1nnc(CCCC)s1. The van der Waals surface area contributed by atoms with E-state index in [1.165, 1.54) is 24.2 Å². The first-order valence-corrected chi connectivity index (χ1v) is 7.70. The minimum absolute atomic E-state index is 0.0595. The molecule has 1 amide bonds. The van der Waals surface area contributed by atoms with Gasteiger partial charge in [-0.3, -0.25) is 4.79 Å². The van der Waals surface area contributed by atoms with E-state index in [4.69, 9.17) is 0 Å². The van der Waals surface area contributed by atoms with Crippen LogP contribution in [-0.4, -0.2) is 16.1 Å². The average Bonchev–Trinajstić information content (AvgIpc) is 2.80. The Balaban J connectivity index is 2.24. The summed E-state index contributed by atoms with van der Waals surface area (Å²) in [5.74, 6) is 0.0595. The van der Waals surface area contributed by atoms with Crippen molar-refractivity contribution in [3.63, 3.8) is 0 Å². The molecule has 102 valence electrons. The molecule has 0 fully saturated rings. The van der Waals surface area contributed by atoms with Gasteiger partial charge in [-0.15, -0.1) is 10.2 Å². The van der Waals surface area contributed by atoms with Gasteiger partial charge in [0, 0.05) is 12.8 Å². The summed E-state index contributed by atoms with van der Waals surface area (Å²) >= 11 is 1.49. The van der Waals surface area contributed by atoms with E-state index < -0.39 is 0 Å². The standard InChI is InChI=1S/C13H23N3OS/c1-3-5-7-8-9-11(17)14-13-16-15-12(18-13)10-6-4-2/h3-10H2,1-2H3,(H,14,16,17). The van der Waals surface area contributed by atoms with Gasteiger partial charge in [0.2, 0.25) is 11.0 Å². The van der Waals surface area contributed by atoms with Crippen LogP contribution in [0.4, 0.5) is 5.13 Å². The molecular formula is C13H23N3OS. The van der Waals surface area contributed by atoms with E-state index in [0.29, 0.717) is 11.6 Å². The second kappa shape index (κ2) is 9.03. The molecule has 1 N–H and O–H groups in total. The minimum atomic E-state index is 0.0595. The highest BCUT2D eigenvalue weighted by Gasteiger charge is 2.07. The van der Waals surface area contributed by atoms with Crippen LogP contribution in [0, 0.1) is 0 Å². The molecule has 0 aliphatic heterocycles. The van der Waals surface area contributed by atoms with E-state index in [0.717, 1.165) is 37.1 Å². The molecule has 4 nitrogen and oxygen atoms in total. The van der Waals surface area contributed by atoms with Crippen LogP contribution in [0.3, 0.4) is 0 Å². The van der Waals surface area contributed by atoms with Gasteiger partial charge in [0.25, 0.3) is 0 Å². The van der Waals surface area contributed by atoms with Crippen molar-refractivity contribution in [3.05, 3.63) is 5.01 Å². The Morgan fingerprint density at radius 1 is 1.11 bits per heavy atom.